The number of benzene rings is 2. The predicted octanol–water partition coefficient (Wildman–Crippen LogP) is 2.55. The molecular weight excluding hydrogens is 430 g/mol. The molecular formula is C23H29N3O5S. The average molecular weight is 460 g/mol. The summed E-state index contributed by atoms with van der Waals surface area (Å²) < 4.78 is 32.6. The van der Waals surface area contributed by atoms with Crippen LogP contribution in [0.3, 0.4) is 0 Å². The number of carbonyl (C=O) groups excluding carboxylic acids is 2. The normalized spacial score (nSPS) is 16.1. The Morgan fingerprint density at radius 3 is 2.44 bits per heavy atom. The van der Waals surface area contributed by atoms with E-state index in [0.717, 1.165) is 12.0 Å². The first kappa shape index (κ1) is 23.7. The van der Waals surface area contributed by atoms with Gasteiger partial charge in [0.05, 0.1) is 4.90 Å². The van der Waals surface area contributed by atoms with Crippen molar-refractivity contribution in [3.05, 3.63) is 59.7 Å². The van der Waals surface area contributed by atoms with Gasteiger partial charge in [-0.2, -0.15) is 0 Å². The van der Waals surface area contributed by atoms with Crippen molar-refractivity contribution in [2.75, 3.05) is 31.5 Å². The number of ether oxygens (including phenoxy) is 1. The number of methoxy groups -OCH3 is 1. The van der Waals surface area contributed by atoms with E-state index in [-0.39, 0.29) is 16.7 Å². The Bertz CT molecular complexity index is 1040. The number of sulfonamides is 1. The minimum Gasteiger partial charge on any atom is -0.385 e. The molecule has 0 aliphatic carbocycles. The average Bonchev–Trinajstić information content (AvgIpc) is 3.27. The van der Waals surface area contributed by atoms with Crippen LogP contribution in [0.25, 0.3) is 0 Å². The molecule has 1 atom stereocenters. The highest BCUT2D eigenvalue weighted by Gasteiger charge is 2.34. The molecule has 0 bridgehead atoms. The Morgan fingerprint density at radius 2 is 1.78 bits per heavy atom. The second-order valence-electron chi connectivity index (χ2n) is 7.79. The first-order chi connectivity index (χ1) is 15.3. The van der Waals surface area contributed by atoms with E-state index in [1.54, 1.807) is 60.5 Å². The van der Waals surface area contributed by atoms with Crippen molar-refractivity contribution in [1.82, 2.24) is 10.2 Å². The highest BCUT2D eigenvalue weighted by atomic mass is 32.2. The standard InChI is InChI=1S/C23H29N3O5S/c1-17-6-12-20(13-7-17)32(29,30)25-19-10-8-18(9-11-19)23(28)26-15-3-5-21(26)22(27)24-14-4-16-31-2/h6-13,21,25H,3-5,14-16H2,1-2H3,(H,24,27). The number of hydrogen-bond acceptors (Lipinski definition) is 5. The molecule has 1 saturated heterocycles. The zero-order chi connectivity index (χ0) is 23.1. The summed E-state index contributed by atoms with van der Waals surface area (Å²) in [5.41, 5.74) is 1.73. The predicted molar refractivity (Wildman–Crippen MR) is 122 cm³/mol. The molecule has 1 aliphatic heterocycles. The van der Waals surface area contributed by atoms with Gasteiger partial charge in [-0.1, -0.05) is 17.7 Å². The molecule has 2 aromatic rings. The fourth-order valence-electron chi connectivity index (χ4n) is 3.61. The van der Waals surface area contributed by atoms with Crippen LogP contribution < -0.4 is 10.0 Å². The third-order valence-corrected chi connectivity index (χ3v) is 6.75. The van der Waals surface area contributed by atoms with Gasteiger partial charge in [0.1, 0.15) is 6.04 Å². The maximum atomic E-state index is 13.0. The van der Waals surface area contributed by atoms with Crippen LogP contribution in [-0.4, -0.2) is 58.0 Å². The molecule has 8 nitrogen and oxygen atoms in total. The van der Waals surface area contributed by atoms with Crippen molar-refractivity contribution >= 4 is 27.5 Å². The maximum Gasteiger partial charge on any atom is 0.261 e. The molecule has 1 aliphatic rings. The smallest absolute Gasteiger partial charge is 0.261 e. The summed E-state index contributed by atoms with van der Waals surface area (Å²) in [5, 5.41) is 2.86. The maximum absolute atomic E-state index is 13.0. The fourth-order valence-corrected chi connectivity index (χ4v) is 4.67. The van der Waals surface area contributed by atoms with Crippen LogP contribution in [-0.2, 0) is 19.6 Å². The van der Waals surface area contributed by atoms with Crippen LogP contribution >= 0.6 is 0 Å². The topological polar surface area (TPSA) is 105 Å². The molecule has 2 amide bonds. The number of nitrogens with zero attached hydrogens (tertiary/aromatic N) is 1. The molecule has 9 heteroatoms. The van der Waals surface area contributed by atoms with Crippen LogP contribution in [0.5, 0.6) is 0 Å². The summed E-state index contributed by atoms with van der Waals surface area (Å²) in [6, 6.07) is 12.3. The third-order valence-electron chi connectivity index (χ3n) is 5.36. The monoisotopic (exact) mass is 459 g/mol. The van der Waals surface area contributed by atoms with E-state index < -0.39 is 16.1 Å². The van der Waals surface area contributed by atoms with Crippen molar-refractivity contribution < 1.29 is 22.7 Å². The molecule has 0 aromatic heterocycles. The van der Waals surface area contributed by atoms with Gasteiger partial charge in [0.15, 0.2) is 0 Å². The minimum absolute atomic E-state index is 0.158. The van der Waals surface area contributed by atoms with E-state index in [0.29, 0.717) is 43.8 Å². The molecule has 1 unspecified atom stereocenters. The lowest BCUT2D eigenvalue weighted by Crippen LogP contribution is -2.46. The van der Waals surface area contributed by atoms with Crippen LogP contribution in [0.4, 0.5) is 5.69 Å². The molecule has 172 valence electrons. The highest BCUT2D eigenvalue weighted by Crippen LogP contribution is 2.22. The number of rotatable bonds is 9. The molecule has 32 heavy (non-hydrogen) atoms. The van der Waals surface area contributed by atoms with Crippen LogP contribution in [0.1, 0.15) is 35.2 Å². The number of nitrogens with one attached hydrogen (secondary N) is 2. The zero-order valence-electron chi connectivity index (χ0n) is 18.3. The molecule has 3 rings (SSSR count). The molecule has 1 heterocycles. The Morgan fingerprint density at radius 1 is 1.09 bits per heavy atom. The lowest BCUT2D eigenvalue weighted by atomic mass is 10.1. The minimum atomic E-state index is -3.72. The number of amides is 2. The SMILES string of the molecule is COCCCNC(=O)C1CCCN1C(=O)c1ccc(NS(=O)(=O)c2ccc(C)cc2)cc1. The number of carbonyl (C=O) groups is 2. The van der Waals surface area contributed by atoms with Gasteiger partial charge in [0.2, 0.25) is 5.91 Å². The van der Waals surface area contributed by atoms with E-state index in [9.17, 15) is 18.0 Å². The summed E-state index contributed by atoms with van der Waals surface area (Å²) in [5.74, 6) is -0.401. The second-order valence-corrected chi connectivity index (χ2v) is 9.47. The Kier molecular flexibility index (Phi) is 7.87. The molecule has 2 aromatic carbocycles. The lowest BCUT2D eigenvalue weighted by molar-refractivity contribution is -0.124. The number of aryl methyl sites for hydroxylation is 1. The van der Waals surface area contributed by atoms with Crippen molar-refractivity contribution in [3.63, 3.8) is 0 Å². The van der Waals surface area contributed by atoms with Gasteiger partial charge >= 0.3 is 0 Å². The van der Waals surface area contributed by atoms with E-state index in [2.05, 4.69) is 10.0 Å². The van der Waals surface area contributed by atoms with Gasteiger partial charge in [-0.3, -0.25) is 14.3 Å². The number of anilines is 1. The molecule has 0 spiro atoms. The van der Waals surface area contributed by atoms with E-state index in [1.807, 2.05) is 6.92 Å². The second kappa shape index (κ2) is 10.6. The first-order valence-corrected chi connectivity index (χ1v) is 12.1. The van der Waals surface area contributed by atoms with Crippen molar-refractivity contribution in [1.29, 1.82) is 0 Å². The summed E-state index contributed by atoms with van der Waals surface area (Å²) in [6.45, 7) is 3.46. The van der Waals surface area contributed by atoms with Crippen LogP contribution in [0, 0.1) is 6.92 Å². The molecule has 0 radical (unpaired) electrons. The Hall–Kier alpha value is -2.91. The van der Waals surface area contributed by atoms with Crippen LogP contribution in [0.2, 0.25) is 0 Å². The largest absolute Gasteiger partial charge is 0.385 e. The third kappa shape index (κ3) is 5.86. The fraction of sp³-hybridized carbons (Fsp3) is 0.391. The van der Waals surface area contributed by atoms with Gasteiger partial charge in [0.25, 0.3) is 15.9 Å². The summed E-state index contributed by atoms with van der Waals surface area (Å²) in [4.78, 5) is 27.2. The first-order valence-electron chi connectivity index (χ1n) is 10.6. The van der Waals surface area contributed by atoms with Gasteiger partial charge in [0, 0.05) is 38.1 Å². The van der Waals surface area contributed by atoms with Gasteiger partial charge < -0.3 is 15.0 Å². The quantitative estimate of drug-likeness (QED) is 0.561. The van der Waals surface area contributed by atoms with Gasteiger partial charge in [-0.25, -0.2) is 8.42 Å². The Labute approximate surface area is 189 Å². The van der Waals surface area contributed by atoms with E-state index >= 15 is 0 Å². The van der Waals surface area contributed by atoms with Crippen molar-refractivity contribution in [2.24, 2.45) is 0 Å². The zero-order valence-corrected chi connectivity index (χ0v) is 19.2. The van der Waals surface area contributed by atoms with Crippen LogP contribution in [0.15, 0.2) is 53.4 Å². The highest BCUT2D eigenvalue weighted by molar-refractivity contribution is 7.92. The van der Waals surface area contributed by atoms with E-state index in [1.165, 1.54) is 0 Å². The summed E-state index contributed by atoms with van der Waals surface area (Å²) in [6.07, 6.45) is 2.09. The Balaban J connectivity index is 1.64. The number of likely N-dealkylation sites (tertiary alicyclic amines) is 1. The molecule has 2 N–H and O–H groups in total. The van der Waals surface area contributed by atoms with Gasteiger partial charge in [-0.05, 0) is 62.6 Å². The van der Waals surface area contributed by atoms with Crippen molar-refractivity contribution in [2.45, 2.75) is 37.1 Å². The summed E-state index contributed by atoms with van der Waals surface area (Å²) >= 11 is 0. The van der Waals surface area contributed by atoms with E-state index in [4.69, 9.17) is 4.74 Å². The van der Waals surface area contributed by atoms with Gasteiger partial charge in [-0.15, -0.1) is 0 Å². The van der Waals surface area contributed by atoms with Crippen molar-refractivity contribution in [3.8, 4) is 0 Å². The molecule has 0 saturated carbocycles. The lowest BCUT2D eigenvalue weighted by Gasteiger charge is -2.24. The molecule has 1 fully saturated rings. The number of hydrogen-bond donors (Lipinski definition) is 2. The summed E-state index contributed by atoms with van der Waals surface area (Å²) in [7, 11) is -2.11.